The molecule has 41 heavy (non-hydrogen) atoms. The molecule has 0 aliphatic carbocycles. The van der Waals surface area contributed by atoms with Crippen LogP contribution in [-0.2, 0) is 16.7 Å². The number of amides is 1. The lowest BCUT2D eigenvalue weighted by Gasteiger charge is -2.26. The number of carbonyl (C=O) groups excluding carboxylic acids is 1. The van der Waals surface area contributed by atoms with Gasteiger partial charge in [0.15, 0.2) is 5.82 Å². The van der Waals surface area contributed by atoms with Crippen LogP contribution in [0.2, 0.25) is 0 Å². The zero-order chi connectivity index (χ0) is 29.0. The van der Waals surface area contributed by atoms with E-state index in [1.165, 1.54) is 11.1 Å². The summed E-state index contributed by atoms with van der Waals surface area (Å²) in [6, 6.07) is 21.5. The summed E-state index contributed by atoms with van der Waals surface area (Å²) in [5, 5.41) is 6.27. The molecule has 0 radical (unpaired) electrons. The first kappa shape index (κ1) is 28.2. The fourth-order valence-electron chi connectivity index (χ4n) is 4.74. The minimum atomic E-state index is -0.180. The molecule has 1 saturated heterocycles. The molecule has 1 aromatic heterocycles. The summed E-state index contributed by atoms with van der Waals surface area (Å²) in [4.78, 5) is 28.7. The van der Waals surface area contributed by atoms with Crippen LogP contribution < -0.4 is 16.4 Å². The van der Waals surface area contributed by atoms with Crippen molar-refractivity contribution < 1.29 is 9.53 Å². The molecule has 0 saturated carbocycles. The van der Waals surface area contributed by atoms with Crippen molar-refractivity contribution in [2.45, 2.75) is 39.7 Å². The Morgan fingerprint density at radius 3 is 2.34 bits per heavy atom. The highest BCUT2D eigenvalue weighted by molar-refractivity contribution is 6.05. The number of rotatable bonds is 7. The van der Waals surface area contributed by atoms with Crippen LogP contribution in [0.3, 0.4) is 0 Å². The lowest BCUT2D eigenvalue weighted by molar-refractivity contribution is 0.0342. The van der Waals surface area contributed by atoms with Crippen molar-refractivity contribution in [3.05, 3.63) is 89.0 Å². The van der Waals surface area contributed by atoms with Gasteiger partial charge in [-0.25, -0.2) is 0 Å². The quantitative estimate of drug-likeness (QED) is 0.273. The van der Waals surface area contributed by atoms with E-state index in [1.807, 2.05) is 61.5 Å². The summed E-state index contributed by atoms with van der Waals surface area (Å²) in [6.45, 7) is 12.7. The Bertz CT molecular complexity index is 1510. The zero-order valence-corrected chi connectivity index (χ0v) is 24.1. The molecule has 1 amide bonds. The van der Waals surface area contributed by atoms with E-state index in [9.17, 15) is 4.79 Å². The number of nitrogens with zero attached hydrogens (tertiary/aromatic N) is 4. The van der Waals surface area contributed by atoms with Crippen LogP contribution in [0.5, 0.6) is 0 Å². The molecule has 1 aliphatic rings. The Labute approximate surface area is 241 Å². The Balaban J connectivity index is 1.30. The van der Waals surface area contributed by atoms with Crippen molar-refractivity contribution >= 4 is 29.2 Å². The lowest BCUT2D eigenvalue weighted by atomic mass is 9.86. The van der Waals surface area contributed by atoms with E-state index in [0.29, 0.717) is 23.0 Å². The van der Waals surface area contributed by atoms with Crippen LogP contribution in [0, 0.1) is 6.92 Å². The third-order valence-corrected chi connectivity index (χ3v) is 7.21. The first-order chi connectivity index (χ1) is 19.7. The minimum Gasteiger partial charge on any atom is -0.379 e. The summed E-state index contributed by atoms with van der Waals surface area (Å²) in [6.07, 6.45) is 0. The van der Waals surface area contributed by atoms with E-state index in [2.05, 4.69) is 63.4 Å². The number of aromatic nitrogens is 3. The van der Waals surface area contributed by atoms with Crippen LogP contribution in [0.25, 0.3) is 11.4 Å². The smallest absolute Gasteiger partial charge is 0.255 e. The minimum absolute atomic E-state index is 0.0203. The van der Waals surface area contributed by atoms with Gasteiger partial charge in [-0.15, -0.1) is 0 Å². The number of nitrogen functional groups attached to an aromatic ring is 1. The summed E-state index contributed by atoms with van der Waals surface area (Å²) in [7, 11) is 0. The number of nitrogens with two attached hydrogens (primary N) is 1. The van der Waals surface area contributed by atoms with E-state index in [1.54, 1.807) is 0 Å². The molecule has 1 aliphatic heterocycles. The third kappa shape index (κ3) is 7.06. The lowest BCUT2D eigenvalue weighted by Crippen LogP contribution is -2.35. The SMILES string of the molecule is Cc1c(NC(=O)c2ccc(C(C)(C)C)cc2)cccc1-c1nc(N)nc(Nc2ccc(CN3CCOCC3)cc2)n1. The van der Waals surface area contributed by atoms with Crippen molar-refractivity contribution in [3.8, 4) is 11.4 Å². The summed E-state index contributed by atoms with van der Waals surface area (Å²) < 4.78 is 5.44. The number of anilines is 4. The number of nitrogens with one attached hydrogen (secondary N) is 2. The van der Waals surface area contributed by atoms with Crippen molar-refractivity contribution in [1.29, 1.82) is 0 Å². The van der Waals surface area contributed by atoms with E-state index >= 15 is 0 Å². The van der Waals surface area contributed by atoms with E-state index in [0.717, 1.165) is 49.7 Å². The summed E-state index contributed by atoms with van der Waals surface area (Å²) in [5.74, 6) is 0.697. The number of hydrogen-bond acceptors (Lipinski definition) is 8. The number of carbonyl (C=O) groups is 1. The molecule has 4 aromatic rings. The monoisotopic (exact) mass is 551 g/mol. The van der Waals surface area contributed by atoms with Gasteiger partial charge in [-0.3, -0.25) is 9.69 Å². The van der Waals surface area contributed by atoms with Gasteiger partial charge in [-0.1, -0.05) is 57.2 Å². The molecule has 4 N–H and O–H groups in total. The Kier molecular flexibility index (Phi) is 8.28. The van der Waals surface area contributed by atoms with Crippen LogP contribution >= 0.6 is 0 Å². The Morgan fingerprint density at radius 2 is 1.66 bits per heavy atom. The van der Waals surface area contributed by atoms with Crippen LogP contribution in [0.1, 0.15) is 47.8 Å². The molecule has 0 bridgehead atoms. The van der Waals surface area contributed by atoms with Gasteiger partial charge in [0.05, 0.1) is 13.2 Å². The average Bonchev–Trinajstić information content (AvgIpc) is 2.95. The van der Waals surface area contributed by atoms with Gasteiger partial charge < -0.3 is 21.1 Å². The molecule has 212 valence electrons. The molecule has 0 unspecified atom stereocenters. The third-order valence-electron chi connectivity index (χ3n) is 7.21. The van der Waals surface area contributed by atoms with Gasteiger partial charge in [-0.2, -0.15) is 15.0 Å². The molecule has 2 heterocycles. The second-order valence-corrected chi connectivity index (χ2v) is 11.3. The molecule has 0 spiro atoms. The van der Waals surface area contributed by atoms with Crippen LogP contribution in [0.4, 0.5) is 23.3 Å². The van der Waals surface area contributed by atoms with E-state index in [4.69, 9.17) is 10.5 Å². The number of ether oxygens (including phenoxy) is 1. The van der Waals surface area contributed by atoms with Gasteiger partial charge in [0.1, 0.15) is 0 Å². The molecule has 0 atom stereocenters. The first-order valence-electron chi connectivity index (χ1n) is 13.9. The van der Waals surface area contributed by atoms with E-state index < -0.39 is 0 Å². The molecule has 9 heteroatoms. The first-order valence-corrected chi connectivity index (χ1v) is 13.9. The maximum atomic E-state index is 13.0. The maximum Gasteiger partial charge on any atom is 0.255 e. The highest BCUT2D eigenvalue weighted by atomic mass is 16.5. The van der Waals surface area contributed by atoms with Gasteiger partial charge >= 0.3 is 0 Å². The normalized spacial score (nSPS) is 14.0. The Morgan fingerprint density at radius 1 is 0.951 bits per heavy atom. The summed E-state index contributed by atoms with van der Waals surface area (Å²) >= 11 is 0. The standard InChI is InChI=1S/C32H37N7O2/c1-21-26(6-5-7-27(21)35-29(40)23-10-12-24(13-11-23)32(2,3)4)28-36-30(33)38-31(37-28)34-25-14-8-22(9-15-25)20-39-16-18-41-19-17-39/h5-15H,16-20H2,1-4H3,(H,35,40)(H3,33,34,36,37,38). The predicted octanol–water partition coefficient (Wildman–Crippen LogP) is 5.55. The second-order valence-electron chi connectivity index (χ2n) is 11.3. The fraction of sp³-hybridized carbons (Fsp3) is 0.312. The van der Waals surface area contributed by atoms with Crippen molar-refractivity contribution in [2.24, 2.45) is 0 Å². The number of morpholine rings is 1. The van der Waals surface area contributed by atoms with Gasteiger partial charge in [0.25, 0.3) is 5.91 Å². The maximum absolute atomic E-state index is 13.0. The van der Waals surface area contributed by atoms with Crippen LogP contribution in [0.15, 0.2) is 66.7 Å². The van der Waals surface area contributed by atoms with E-state index in [-0.39, 0.29) is 17.3 Å². The number of benzene rings is 3. The van der Waals surface area contributed by atoms with Crippen LogP contribution in [-0.4, -0.2) is 52.1 Å². The highest BCUT2D eigenvalue weighted by Gasteiger charge is 2.17. The van der Waals surface area contributed by atoms with Crippen molar-refractivity contribution in [1.82, 2.24) is 19.9 Å². The topological polar surface area (TPSA) is 118 Å². The summed E-state index contributed by atoms with van der Waals surface area (Å²) in [5.41, 5.74) is 12.2. The van der Waals surface area contributed by atoms with Gasteiger partial charge in [-0.05, 0) is 59.4 Å². The molecular formula is C32H37N7O2. The fourth-order valence-corrected chi connectivity index (χ4v) is 4.74. The molecule has 5 rings (SSSR count). The van der Waals surface area contributed by atoms with Gasteiger partial charge in [0.2, 0.25) is 11.9 Å². The van der Waals surface area contributed by atoms with Gasteiger partial charge in [0, 0.05) is 42.1 Å². The van der Waals surface area contributed by atoms with Crippen molar-refractivity contribution in [3.63, 3.8) is 0 Å². The average molecular weight is 552 g/mol. The number of hydrogen-bond donors (Lipinski definition) is 3. The molecular weight excluding hydrogens is 514 g/mol. The largest absolute Gasteiger partial charge is 0.379 e. The highest BCUT2D eigenvalue weighted by Crippen LogP contribution is 2.29. The molecule has 1 fully saturated rings. The Hall–Kier alpha value is -4.34. The van der Waals surface area contributed by atoms with Crippen molar-refractivity contribution in [2.75, 3.05) is 42.7 Å². The molecule has 3 aromatic carbocycles. The second kappa shape index (κ2) is 12.0. The zero-order valence-electron chi connectivity index (χ0n) is 24.1. The predicted molar refractivity (Wildman–Crippen MR) is 163 cm³/mol. The molecule has 9 nitrogen and oxygen atoms in total.